The number of rotatable bonds is 0. The molecule has 0 N–H and O–H groups in total. The number of aromatic nitrogens is 2. The monoisotopic (exact) mass is 532 g/mol. The molecule has 1 aliphatic carbocycles. The molecule has 0 amide bonds. The smallest absolute Gasteiger partial charge is 0.252 e. The van der Waals surface area contributed by atoms with Crippen LogP contribution in [-0.2, 0) is 5.41 Å². The molecule has 6 aromatic carbocycles. The second kappa shape index (κ2) is 6.88. The molecule has 2 aliphatic heterocycles. The predicted molar refractivity (Wildman–Crippen MR) is 177 cm³/mol. The zero-order valence-corrected chi connectivity index (χ0v) is 23.4. The Bertz CT molecular complexity index is 2560. The van der Waals surface area contributed by atoms with Gasteiger partial charge in [-0.3, -0.25) is 0 Å². The molecule has 0 saturated heterocycles. The fraction of sp³-hybridized carbons (Fsp3) is 0.0769. The van der Waals surface area contributed by atoms with E-state index in [-0.39, 0.29) is 12.1 Å². The molecule has 0 bridgehead atoms. The Kier molecular flexibility index (Phi) is 3.56. The van der Waals surface area contributed by atoms with Gasteiger partial charge in [0.05, 0.1) is 16.6 Å². The van der Waals surface area contributed by atoms with Crippen molar-refractivity contribution in [3.8, 4) is 22.5 Å². The van der Waals surface area contributed by atoms with Gasteiger partial charge in [0.25, 0.3) is 6.71 Å². The molecular weight excluding hydrogens is 507 g/mol. The summed E-state index contributed by atoms with van der Waals surface area (Å²) in [5, 5.41) is 5.36. The van der Waals surface area contributed by atoms with Crippen LogP contribution in [0.25, 0.3) is 66.1 Å². The summed E-state index contributed by atoms with van der Waals surface area (Å²) in [6.45, 7) is 4.96. The lowest BCUT2D eigenvalue weighted by atomic mass is 9.34. The van der Waals surface area contributed by atoms with Gasteiger partial charge < -0.3 is 9.13 Å². The molecular formula is C39H25BN2. The van der Waals surface area contributed by atoms with E-state index in [0.29, 0.717) is 0 Å². The fourth-order valence-corrected chi connectivity index (χ4v) is 8.98. The second-order valence-electron chi connectivity index (χ2n) is 12.9. The zero-order chi connectivity index (χ0) is 27.5. The molecule has 11 rings (SSSR count). The molecule has 2 nitrogen and oxygen atoms in total. The van der Waals surface area contributed by atoms with Crippen molar-refractivity contribution >= 4 is 66.7 Å². The molecule has 194 valence electrons. The van der Waals surface area contributed by atoms with E-state index in [2.05, 4.69) is 138 Å². The van der Waals surface area contributed by atoms with Crippen LogP contribution in [0.4, 0.5) is 0 Å². The minimum absolute atomic E-state index is 0.0412. The largest absolute Gasteiger partial charge is 0.310 e. The quantitative estimate of drug-likeness (QED) is 0.181. The standard InChI is InChI=1S/C39H25BN2/c1-39(2)28-13-5-3-10-22(28)26-20-27-24-12-9-15-31-37(24)42(35(27)21-29(26)39)34-19-18-25-23-11-4-7-16-32(23)41-33-17-8-6-14-30(33)40(31)36(34)38(25)41/h3-21H,1-2H3. The van der Waals surface area contributed by atoms with E-state index in [9.17, 15) is 0 Å². The first-order chi connectivity index (χ1) is 20.6. The van der Waals surface area contributed by atoms with Gasteiger partial charge in [-0.15, -0.1) is 0 Å². The molecule has 8 aromatic rings. The number of fused-ring (bicyclic) bond motifs is 14. The topological polar surface area (TPSA) is 9.86 Å². The number of hydrogen-bond donors (Lipinski definition) is 0. The summed E-state index contributed by atoms with van der Waals surface area (Å²) in [7, 11) is 0. The Morgan fingerprint density at radius 2 is 1.24 bits per heavy atom. The average Bonchev–Trinajstić information content (AvgIpc) is 3.62. The minimum Gasteiger partial charge on any atom is -0.310 e. The predicted octanol–water partition coefficient (Wildman–Crippen LogP) is 7.33. The van der Waals surface area contributed by atoms with Gasteiger partial charge in [-0.1, -0.05) is 98.8 Å². The molecule has 3 aliphatic rings. The molecule has 0 saturated carbocycles. The van der Waals surface area contributed by atoms with Crippen molar-refractivity contribution in [2.45, 2.75) is 19.3 Å². The summed E-state index contributed by atoms with van der Waals surface area (Å²) in [5.74, 6) is 0. The van der Waals surface area contributed by atoms with E-state index in [1.54, 1.807) is 0 Å². The highest BCUT2D eigenvalue weighted by Gasteiger charge is 2.41. The highest BCUT2D eigenvalue weighted by Crippen LogP contribution is 2.51. The summed E-state index contributed by atoms with van der Waals surface area (Å²) < 4.78 is 5.13. The SMILES string of the molecule is CC1(C)c2ccccc2-c2cc3c4cccc5c4n(c3cc21)-c1ccc2c3ccccc3n3c2c1B5c1ccccc1-3. The van der Waals surface area contributed by atoms with Gasteiger partial charge in [0.1, 0.15) is 0 Å². The minimum atomic E-state index is -0.0412. The van der Waals surface area contributed by atoms with Gasteiger partial charge in [0.2, 0.25) is 0 Å². The van der Waals surface area contributed by atoms with Gasteiger partial charge >= 0.3 is 0 Å². The molecule has 0 radical (unpaired) electrons. The van der Waals surface area contributed by atoms with E-state index < -0.39 is 0 Å². The first-order valence-corrected chi connectivity index (χ1v) is 15.0. The molecule has 0 fully saturated rings. The van der Waals surface area contributed by atoms with Crippen LogP contribution in [-0.4, -0.2) is 15.8 Å². The Morgan fingerprint density at radius 3 is 2.19 bits per heavy atom. The van der Waals surface area contributed by atoms with E-state index >= 15 is 0 Å². The summed E-state index contributed by atoms with van der Waals surface area (Å²) in [6.07, 6.45) is 0. The number of para-hydroxylation sites is 3. The van der Waals surface area contributed by atoms with Crippen molar-refractivity contribution in [2.24, 2.45) is 0 Å². The first-order valence-electron chi connectivity index (χ1n) is 15.0. The first kappa shape index (κ1) is 21.7. The van der Waals surface area contributed by atoms with Crippen molar-refractivity contribution in [1.82, 2.24) is 9.13 Å². The van der Waals surface area contributed by atoms with Crippen LogP contribution in [0, 0.1) is 0 Å². The van der Waals surface area contributed by atoms with Crippen LogP contribution in [0.3, 0.4) is 0 Å². The summed E-state index contributed by atoms with van der Waals surface area (Å²) in [4.78, 5) is 0. The summed E-state index contributed by atoms with van der Waals surface area (Å²) in [5.41, 5.74) is 17.7. The molecule has 0 atom stereocenters. The van der Waals surface area contributed by atoms with Crippen molar-refractivity contribution in [3.63, 3.8) is 0 Å². The molecule has 42 heavy (non-hydrogen) atoms. The average molecular weight is 532 g/mol. The number of nitrogens with zero attached hydrogens (tertiary/aromatic N) is 2. The summed E-state index contributed by atoms with van der Waals surface area (Å²) in [6, 6.07) is 43.7. The second-order valence-corrected chi connectivity index (χ2v) is 12.9. The van der Waals surface area contributed by atoms with Crippen LogP contribution in [0.1, 0.15) is 25.0 Å². The van der Waals surface area contributed by atoms with Crippen molar-refractivity contribution in [3.05, 3.63) is 126 Å². The lowest BCUT2D eigenvalue weighted by molar-refractivity contribution is 0.661. The number of hydrogen-bond acceptors (Lipinski definition) is 0. The molecule has 0 unspecified atom stereocenters. The van der Waals surface area contributed by atoms with Crippen molar-refractivity contribution in [1.29, 1.82) is 0 Å². The third kappa shape index (κ3) is 2.22. The summed E-state index contributed by atoms with van der Waals surface area (Å²) >= 11 is 0. The van der Waals surface area contributed by atoms with Gasteiger partial charge in [-0.25, -0.2) is 0 Å². The Balaban J connectivity index is 1.36. The van der Waals surface area contributed by atoms with E-state index in [1.807, 2.05) is 0 Å². The maximum atomic E-state index is 2.60. The van der Waals surface area contributed by atoms with Crippen LogP contribution < -0.4 is 16.4 Å². The molecule has 0 spiro atoms. The Labute approximate surface area is 243 Å². The normalized spacial score (nSPS) is 15.0. The van der Waals surface area contributed by atoms with E-state index in [4.69, 9.17) is 0 Å². The van der Waals surface area contributed by atoms with E-state index in [0.717, 1.165) is 0 Å². The van der Waals surface area contributed by atoms with Crippen molar-refractivity contribution in [2.75, 3.05) is 0 Å². The zero-order valence-electron chi connectivity index (χ0n) is 23.4. The third-order valence-electron chi connectivity index (χ3n) is 10.7. The maximum absolute atomic E-state index is 2.60. The third-order valence-corrected chi connectivity index (χ3v) is 10.7. The Hall–Kier alpha value is -5.02. The van der Waals surface area contributed by atoms with Gasteiger partial charge in [-0.05, 0) is 69.0 Å². The lowest BCUT2D eigenvalue weighted by Crippen LogP contribution is -2.59. The fourth-order valence-electron chi connectivity index (χ4n) is 8.98. The highest BCUT2D eigenvalue weighted by atomic mass is 15.0. The maximum Gasteiger partial charge on any atom is 0.252 e. The van der Waals surface area contributed by atoms with Gasteiger partial charge in [-0.2, -0.15) is 0 Å². The van der Waals surface area contributed by atoms with Crippen LogP contribution in [0.15, 0.2) is 115 Å². The van der Waals surface area contributed by atoms with Crippen molar-refractivity contribution < 1.29 is 0 Å². The Morgan fingerprint density at radius 1 is 0.500 bits per heavy atom. The van der Waals surface area contributed by atoms with E-state index in [1.165, 1.54) is 93.6 Å². The van der Waals surface area contributed by atoms with Gasteiger partial charge in [0.15, 0.2) is 0 Å². The lowest BCUT2D eigenvalue weighted by Gasteiger charge is -2.33. The highest BCUT2D eigenvalue weighted by molar-refractivity contribution is 7.00. The number of benzene rings is 6. The van der Waals surface area contributed by atoms with Crippen LogP contribution >= 0.6 is 0 Å². The molecule has 4 heterocycles. The van der Waals surface area contributed by atoms with Crippen LogP contribution in [0.5, 0.6) is 0 Å². The van der Waals surface area contributed by atoms with Gasteiger partial charge in [0, 0.05) is 43.9 Å². The molecule has 3 heteroatoms. The molecule has 2 aromatic heterocycles. The van der Waals surface area contributed by atoms with Crippen LogP contribution in [0.2, 0.25) is 0 Å².